The average Bonchev–Trinajstić information content (AvgIpc) is 3.00. The van der Waals surface area contributed by atoms with Crippen molar-refractivity contribution in [1.29, 1.82) is 0 Å². The fourth-order valence-corrected chi connectivity index (χ4v) is 6.90. The van der Waals surface area contributed by atoms with Gasteiger partial charge in [0.15, 0.2) is 0 Å². The van der Waals surface area contributed by atoms with Gasteiger partial charge in [0, 0.05) is 12.8 Å². The molecule has 0 saturated carbocycles. The number of rotatable bonds is 36. The zero-order valence-electron chi connectivity index (χ0n) is 32.0. The number of phosphoric acid groups is 1. The molecule has 280 valence electrons. The zero-order valence-corrected chi connectivity index (χ0v) is 32.9. The molecule has 8 heteroatoms. The van der Waals surface area contributed by atoms with E-state index in [1.54, 1.807) is 0 Å². The molecule has 0 rings (SSSR count). The molecule has 0 bridgehead atoms. The molecule has 0 unspecified atom stereocenters. The SMILES string of the molecule is CCCCCCCCCCCCCCCCC(=O)OP(=O)(OCC[N+](C)(C)C)OC(=O)CCCCCCCCCCCCCCCC. The Morgan fingerprint density at radius 1 is 0.447 bits per heavy atom. The summed E-state index contributed by atoms with van der Waals surface area (Å²) in [6.45, 7) is 5.13. The minimum atomic E-state index is -4.30. The highest BCUT2D eigenvalue weighted by Crippen LogP contribution is 2.50. The summed E-state index contributed by atoms with van der Waals surface area (Å²) < 4.78 is 29.7. The Labute approximate surface area is 292 Å². The first-order valence-electron chi connectivity index (χ1n) is 20.1. The molecule has 0 aliphatic heterocycles. The van der Waals surface area contributed by atoms with Gasteiger partial charge in [-0.25, -0.2) is 4.57 Å². The lowest BCUT2D eigenvalue weighted by molar-refractivity contribution is -0.870. The van der Waals surface area contributed by atoms with Crippen molar-refractivity contribution >= 4 is 19.8 Å². The van der Waals surface area contributed by atoms with Gasteiger partial charge in [0.2, 0.25) is 0 Å². The van der Waals surface area contributed by atoms with Crippen LogP contribution in [0.3, 0.4) is 0 Å². The van der Waals surface area contributed by atoms with Gasteiger partial charge >= 0.3 is 19.8 Å². The smallest absolute Gasteiger partial charge is 0.361 e. The Morgan fingerprint density at radius 2 is 0.702 bits per heavy atom. The summed E-state index contributed by atoms with van der Waals surface area (Å²) in [7, 11) is 1.65. The normalized spacial score (nSPS) is 12.0. The summed E-state index contributed by atoms with van der Waals surface area (Å²) in [6, 6.07) is 0. The van der Waals surface area contributed by atoms with Gasteiger partial charge in [-0.15, -0.1) is 0 Å². The summed E-state index contributed by atoms with van der Waals surface area (Å²) in [5.41, 5.74) is 0. The molecule has 0 aromatic rings. The van der Waals surface area contributed by atoms with Crippen molar-refractivity contribution in [2.45, 2.75) is 206 Å². The highest BCUT2D eigenvalue weighted by molar-refractivity contribution is 7.49. The van der Waals surface area contributed by atoms with E-state index in [4.69, 9.17) is 13.6 Å². The molecular formula is C39H79NO6P+. The highest BCUT2D eigenvalue weighted by atomic mass is 31.2. The fraction of sp³-hybridized carbons (Fsp3) is 0.949. The maximum absolute atomic E-state index is 13.3. The molecular weight excluding hydrogens is 609 g/mol. The van der Waals surface area contributed by atoms with Crippen molar-refractivity contribution in [2.24, 2.45) is 0 Å². The first-order valence-corrected chi connectivity index (χ1v) is 21.6. The van der Waals surface area contributed by atoms with E-state index >= 15 is 0 Å². The van der Waals surface area contributed by atoms with Crippen molar-refractivity contribution in [3.63, 3.8) is 0 Å². The van der Waals surface area contributed by atoms with Gasteiger partial charge in [0.05, 0.1) is 21.1 Å². The number of nitrogens with zero attached hydrogens (tertiary/aromatic N) is 1. The number of hydrogen-bond donors (Lipinski definition) is 0. The molecule has 0 saturated heterocycles. The molecule has 47 heavy (non-hydrogen) atoms. The monoisotopic (exact) mass is 689 g/mol. The topological polar surface area (TPSA) is 78.9 Å². The molecule has 0 atom stereocenters. The number of phosphoric ester groups is 1. The van der Waals surface area contributed by atoms with E-state index in [0.29, 0.717) is 23.9 Å². The van der Waals surface area contributed by atoms with Gasteiger partial charge in [-0.2, -0.15) is 0 Å². The number of quaternary nitrogens is 1. The quantitative estimate of drug-likeness (QED) is 0.0370. The van der Waals surface area contributed by atoms with Crippen molar-refractivity contribution < 1.29 is 32.2 Å². The van der Waals surface area contributed by atoms with Gasteiger partial charge < -0.3 is 13.5 Å². The number of hydrogen-bond acceptors (Lipinski definition) is 6. The maximum atomic E-state index is 13.3. The van der Waals surface area contributed by atoms with Crippen molar-refractivity contribution in [2.75, 3.05) is 34.3 Å². The number of carbonyl (C=O) groups excluding carboxylic acids is 2. The predicted molar refractivity (Wildman–Crippen MR) is 198 cm³/mol. The Kier molecular flexibility index (Phi) is 31.7. The van der Waals surface area contributed by atoms with Crippen LogP contribution >= 0.6 is 7.82 Å². The van der Waals surface area contributed by atoms with Crippen LogP contribution in [-0.4, -0.2) is 50.7 Å². The predicted octanol–water partition coefficient (Wildman–Crippen LogP) is 12.6. The fourth-order valence-electron chi connectivity index (χ4n) is 5.77. The number of likely N-dealkylation sites (N-methyl/N-ethyl adjacent to an activating group) is 1. The van der Waals surface area contributed by atoms with E-state index in [-0.39, 0.29) is 19.4 Å². The van der Waals surface area contributed by atoms with E-state index in [2.05, 4.69) is 13.8 Å². The van der Waals surface area contributed by atoms with Crippen molar-refractivity contribution in [3.05, 3.63) is 0 Å². The van der Waals surface area contributed by atoms with Crippen LogP contribution in [-0.2, 0) is 27.7 Å². The van der Waals surface area contributed by atoms with Crippen LogP contribution in [0.1, 0.15) is 206 Å². The second kappa shape index (κ2) is 32.3. The molecule has 0 aliphatic rings. The van der Waals surface area contributed by atoms with Crippen LogP contribution in [0.5, 0.6) is 0 Å². The Bertz CT molecular complexity index is 719. The van der Waals surface area contributed by atoms with E-state index in [1.807, 2.05) is 21.1 Å². The standard InChI is InChI=1S/C39H79NO6P/c1-6-8-10-12-14-16-18-20-22-24-26-28-30-32-34-38(41)45-47(43,44-37-36-40(3,4)5)46-39(42)35-33-31-29-27-25-23-21-19-17-15-13-11-9-7-2/h6-37H2,1-5H3/q+1. The van der Waals surface area contributed by atoms with Crippen LogP contribution in [0.2, 0.25) is 0 Å². The lowest BCUT2D eigenvalue weighted by atomic mass is 10.0. The molecule has 7 nitrogen and oxygen atoms in total. The minimum Gasteiger partial charge on any atom is -0.361 e. The highest BCUT2D eigenvalue weighted by Gasteiger charge is 2.35. The van der Waals surface area contributed by atoms with Crippen LogP contribution in [0.4, 0.5) is 0 Å². The summed E-state index contributed by atoms with van der Waals surface area (Å²) in [5.74, 6) is -1.25. The van der Waals surface area contributed by atoms with Gasteiger partial charge in [0.25, 0.3) is 0 Å². The molecule has 0 aliphatic carbocycles. The Morgan fingerprint density at radius 3 is 0.957 bits per heavy atom. The number of unbranched alkanes of at least 4 members (excludes halogenated alkanes) is 26. The third-order valence-electron chi connectivity index (χ3n) is 8.91. The summed E-state index contributed by atoms with van der Waals surface area (Å²) in [5, 5.41) is 0. The maximum Gasteiger partial charge on any atom is 0.592 e. The molecule has 0 heterocycles. The first-order chi connectivity index (χ1) is 22.6. The Balaban J connectivity index is 4.14. The lowest BCUT2D eigenvalue weighted by Gasteiger charge is -2.24. The minimum absolute atomic E-state index is 0.0685. The summed E-state index contributed by atoms with van der Waals surface area (Å²) in [4.78, 5) is 25.1. The molecule has 0 radical (unpaired) electrons. The summed E-state index contributed by atoms with van der Waals surface area (Å²) >= 11 is 0. The molecule has 0 aromatic heterocycles. The van der Waals surface area contributed by atoms with E-state index < -0.39 is 19.8 Å². The third kappa shape index (κ3) is 34.7. The van der Waals surface area contributed by atoms with E-state index in [9.17, 15) is 14.2 Å². The third-order valence-corrected chi connectivity index (χ3v) is 10.3. The molecule has 0 spiro atoms. The van der Waals surface area contributed by atoms with Crippen molar-refractivity contribution in [3.8, 4) is 0 Å². The van der Waals surface area contributed by atoms with E-state index in [0.717, 1.165) is 25.7 Å². The molecule has 0 fully saturated rings. The number of carbonyl (C=O) groups is 2. The van der Waals surface area contributed by atoms with Gasteiger partial charge in [-0.1, -0.05) is 181 Å². The zero-order chi connectivity index (χ0) is 34.9. The van der Waals surface area contributed by atoms with Crippen LogP contribution < -0.4 is 0 Å². The van der Waals surface area contributed by atoms with Gasteiger partial charge in [-0.3, -0.25) is 14.1 Å². The lowest BCUT2D eigenvalue weighted by Crippen LogP contribution is -2.37. The van der Waals surface area contributed by atoms with Crippen LogP contribution in [0.15, 0.2) is 0 Å². The second-order valence-electron chi connectivity index (χ2n) is 14.9. The molecule has 0 N–H and O–H groups in total. The second-order valence-corrected chi connectivity index (χ2v) is 16.4. The molecule has 0 amide bonds. The molecule has 0 aromatic carbocycles. The van der Waals surface area contributed by atoms with Gasteiger partial charge in [0.1, 0.15) is 13.2 Å². The average molecular weight is 689 g/mol. The van der Waals surface area contributed by atoms with Crippen LogP contribution in [0.25, 0.3) is 0 Å². The van der Waals surface area contributed by atoms with Gasteiger partial charge in [-0.05, 0) is 12.8 Å². The van der Waals surface area contributed by atoms with Crippen molar-refractivity contribution in [1.82, 2.24) is 0 Å². The first kappa shape index (κ1) is 46.1. The van der Waals surface area contributed by atoms with Crippen LogP contribution in [0, 0.1) is 0 Å². The Hall–Kier alpha value is -0.910. The van der Waals surface area contributed by atoms with E-state index in [1.165, 1.54) is 141 Å². The largest absolute Gasteiger partial charge is 0.592 e. The summed E-state index contributed by atoms with van der Waals surface area (Å²) in [6.07, 6.45) is 34.8.